The minimum absolute atomic E-state index is 0.0369. The molecule has 0 aliphatic heterocycles. The van der Waals surface area contributed by atoms with Crippen molar-refractivity contribution < 1.29 is 4.79 Å². The molecule has 1 amide bonds. The zero-order chi connectivity index (χ0) is 15.7. The summed E-state index contributed by atoms with van der Waals surface area (Å²) in [5, 5.41) is 3.68. The lowest BCUT2D eigenvalue weighted by molar-refractivity contribution is 0.0951. The number of carbonyl (C=O) groups is 1. The first-order valence-electron chi connectivity index (χ1n) is 7.78. The van der Waals surface area contributed by atoms with Gasteiger partial charge in [-0.15, -0.1) is 11.3 Å². The molecule has 1 aromatic carbocycles. The van der Waals surface area contributed by atoms with Crippen LogP contribution in [-0.4, -0.2) is 5.91 Å². The van der Waals surface area contributed by atoms with Gasteiger partial charge >= 0.3 is 0 Å². The van der Waals surface area contributed by atoms with Crippen molar-refractivity contribution in [3.63, 3.8) is 0 Å². The molecule has 0 spiro atoms. The van der Waals surface area contributed by atoms with E-state index in [1.54, 1.807) is 11.3 Å². The lowest BCUT2D eigenvalue weighted by Crippen LogP contribution is -2.25. The number of thiophene rings is 1. The Labute approximate surface area is 135 Å². The Kier molecular flexibility index (Phi) is 4.21. The van der Waals surface area contributed by atoms with Crippen LogP contribution in [0.5, 0.6) is 0 Å². The molecule has 0 saturated carbocycles. The van der Waals surface area contributed by atoms with Crippen LogP contribution in [0.1, 0.15) is 45.3 Å². The van der Waals surface area contributed by atoms with Gasteiger partial charge in [0.25, 0.3) is 5.91 Å². The highest BCUT2D eigenvalue weighted by molar-refractivity contribution is 7.16. The Morgan fingerprint density at radius 2 is 2.09 bits per heavy atom. The molecule has 0 fully saturated rings. The fourth-order valence-electron chi connectivity index (χ4n) is 3.00. The van der Waals surface area contributed by atoms with Gasteiger partial charge < -0.3 is 11.1 Å². The summed E-state index contributed by atoms with van der Waals surface area (Å²) < 4.78 is 0. The molecule has 22 heavy (non-hydrogen) atoms. The van der Waals surface area contributed by atoms with Gasteiger partial charge in [0.1, 0.15) is 0 Å². The number of aryl methyl sites for hydroxylation is 1. The molecule has 1 atom stereocenters. The SMILES string of the molecule is Cc1ccc(CNC(=O)c2c(N)sc3c2CC[C@@H](C)C3)cc1. The highest BCUT2D eigenvalue weighted by atomic mass is 32.1. The van der Waals surface area contributed by atoms with Crippen LogP contribution in [-0.2, 0) is 19.4 Å². The Hall–Kier alpha value is -1.81. The van der Waals surface area contributed by atoms with Gasteiger partial charge in [0, 0.05) is 11.4 Å². The topological polar surface area (TPSA) is 55.1 Å². The largest absolute Gasteiger partial charge is 0.390 e. The van der Waals surface area contributed by atoms with Crippen LogP contribution in [0.15, 0.2) is 24.3 Å². The van der Waals surface area contributed by atoms with Crippen molar-refractivity contribution in [1.29, 1.82) is 0 Å². The fraction of sp³-hybridized carbons (Fsp3) is 0.389. The van der Waals surface area contributed by atoms with Crippen LogP contribution in [0.25, 0.3) is 0 Å². The molecular formula is C18H22N2OS. The number of nitrogens with one attached hydrogen (secondary N) is 1. The van der Waals surface area contributed by atoms with Crippen LogP contribution < -0.4 is 11.1 Å². The van der Waals surface area contributed by atoms with Crippen molar-refractivity contribution in [2.45, 2.75) is 39.7 Å². The van der Waals surface area contributed by atoms with Gasteiger partial charge in [-0.25, -0.2) is 0 Å². The molecule has 3 nitrogen and oxygen atoms in total. The number of nitrogens with two attached hydrogens (primary N) is 1. The predicted molar refractivity (Wildman–Crippen MR) is 92.3 cm³/mol. The number of hydrogen-bond acceptors (Lipinski definition) is 3. The zero-order valence-electron chi connectivity index (χ0n) is 13.1. The summed E-state index contributed by atoms with van der Waals surface area (Å²) in [5.74, 6) is 0.652. The molecule has 3 rings (SSSR count). The second-order valence-corrected chi connectivity index (χ2v) is 7.40. The maximum Gasteiger partial charge on any atom is 0.254 e. The summed E-state index contributed by atoms with van der Waals surface area (Å²) in [4.78, 5) is 13.8. The number of carbonyl (C=O) groups excluding carboxylic acids is 1. The molecule has 0 saturated heterocycles. The highest BCUT2D eigenvalue weighted by Crippen LogP contribution is 2.37. The summed E-state index contributed by atoms with van der Waals surface area (Å²) in [6, 6.07) is 8.21. The number of benzene rings is 1. The van der Waals surface area contributed by atoms with Crippen molar-refractivity contribution in [3.05, 3.63) is 51.4 Å². The molecular weight excluding hydrogens is 292 g/mol. The maximum atomic E-state index is 12.5. The number of hydrogen-bond donors (Lipinski definition) is 2. The maximum absolute atomic E-state index is 12.5. The minimum atomic E-state index is -0.0369. The Morgan fingerprint density at radius 1 is 1.36 bits per heavy atom. The van der Waals surface area contributed by atoms with Gasteiger partial charge in [-0.2, -0.15) is 0 Å². The lowest BCUT2D eigenvalue weighted by Gasteiger charge is -2.18. The summed E-state index contributed by atoms with van der Waals surface area (Å²) in [6.45, 7) is 4.86. The Balaban J connectivity index is 1.74. The van der Waals surface area contributed by atoms with E-state index in [0.29, 0.717) is 17.5 Å². The second kappa shape index (κ2) is 6.13. The van der Waals surface area contributed by atoms with Crippen LogP contribution in [0, 0.1) is 12.8 Å². The summed E-state index contributed by atoms with van der Waals surface area (Å²) >= 11 is 1.59. The minimum Gasteiger partial charge on any atom is -0.390 e. The van der Waals surface area contributed by atoms with Crippen molar-refractivity contribution in [2.24, 2.45) is 5.92 Å². The van der Waals surface area contributed by atoms with E-state index in [0.717, 1.165) is 30.4 Å². The van der Waals surface area contributed by atoms with Gasteiger partial charge in [-0.05, 0) is 43.2 Å². The molecule has 116 valence electrons. The van der Waals surface area contributed by atoms with Crippen LogP contribution >= 0.6 is 11.3 Å². The van der Waals surface area contributed by atoms with E-state index in [1.165, 1.54) is 16.0 Å². The second-order valence-electron chi connectivity index (χ2n) is 6.26. The molecule has 3 N–H and O–H groups in total. The van der Waals surface area contributed by atoms with Crippen molar-refractivity contribution in [1.82, 2.24) is 5.32 Å². The quantitative estimate of drug-likeness (QED) is 0.907. The zero-order valence-corrected chi connectivity index (χ0v) is 13.9. The third-order valence-corrected chi connectivity index (χ3v) is 5.42. The summed E-state index contributed by atoms with van der Waals surface area (Å²) in [5.41, 5.74) is 10.3. The smallest absolute Gasteiger partial charge is 0.254 e. The molecule has 2 aromatic rings. The molecule has 0 bridgehead atoms. The highest BCUT2D eigenvalue weighted by Gasteiger charge is 2.26. The third-order valence-electron chi connectivity index (χ3n) is 4.34. The van der Waals surface area contributed by atoms with Crippen LogP contribution in [0.3, 0.4) is 0 Å². The van der Waals surface area contributed by atoms with E-state index in [-0.39, 0.29) is 5.91 Å². The first kappa shape index (κ1) is 15.1. The number of anilines is 1. The average molecular weight is 314 g/mol. The third kappa shape index (κ3) is 3.02. The van der Waals surface area contributed by atoms with Crippen LogP contribution in [0.4, 0.5) is 5.00 Å². The first-order chi connectivity index (χ1) is 10.5. The Morgan fingerprint density at radius 3 is 2.82 bits per heavy atom. The first-order valence-corrected chi connectivity index (χ1v) is 8.60. The molecule has 1 aliphatic carbocycles. The van der Waals surface area contributed by atoms with Gasteiger partial charge in [0.15, 0.2) is 0 Å². The molecule has 0 unspecified atom stereocenters. The molecule has 1 heterocycles. The van der Waals surface area contributed by atoms with Crippen molar-refractivity contribution in [2.75, 3.05) is 5.73 Å². The van der Waals surface area contributed by atoms with Gasteiger partial charge in [0.05, 0.1) is 10.6 Å². The van der Waals surface area contributed by atoms with Crippen molar-refractivity contribution in [3.8, 4) is 0 Å². The molecule has 0 radical (unpaired) electrons. The van der Waals surface area contributed by atoms with E-state index >= 15 is 0 Å². The summed E-state index contributed by atoms with van der Waals surface area (Å²) in [6.07, 6.45) is 3.16. The number of fused-ring (bicyclic) bond motifs is 1. The van der Waals surface area contributed by atoms with E-state index in [4.69, 9.17) is 5.73 Å². The van der Waals surface area contributed by atoms with Crippen LogP contribution in [0.2, 0.25) is 0 Å². The van der Waals surface area contributed by atoms with E-state index in [1.807, 2.05) is 12.1 Å². The molecule has 1 aliphatic rings. The van der Waals surface area contributed by atoms with Crippen molar-refractivity contribution >= 4 is 22.2 Å². The van der Waals surface area contributed by atoms with E-state index in [9.17, 15) is 4.79 Å². The molecule has 4 heteroatoms. The van der Waals surface area contributed by atoms with E-state index < -0.39 is 0 Å². The Bertz CT molecular complexity index is 688. The lowest BCUT2D eigenvalue weighted by atomic mass is 9.88. The molecule has 1 aromatic heterocycles. The summed E-state index contributed by atoms with van der Waals surface area (Å²) in [7, 11) is 0. The predicted octanol–water partition coefficient (Wildman–Crippen LogP) is 3.69. The van der Waals surface area contributed by atoms with Gasteiger partial charge in [0.2, 0.25) is 0 Å². The monoisotopic (exact) mass is 314 g/mol. The number of rotatable bonds is 3. The normalized spacial score (nSPS) is 17.1. The average Bonchev–Trinajstić information content (AvgIpc) is 2.81. The number of amides is 1. The number of nitrogen functional groups attached to an aromatic ring is 1. The standard InChI is InChI=1S/C18H22N2OS/c1-11-3-6-13(7-4-11)10-20-18(21)16-14-8-5-12(2)9-15(14)22-17(16)19/h3-4,6-7,12H,5,8-10,19H2,1-2H3,(H,20,21)/t12-/m1/s1. The fourth-order valence-corrected chi connectivity index (χ4v) is 4.28. The van der Waals surface area contributed by atoms with Gasteiger partial charge in [-0.1, -0.05) is 36.8 Å². The van der Waals surface area contributed by atoms with E-state index in [2.05, 4.69) is 31.3 Å². The van der Waals surface area contributed by atoms with Gasteiger partial charge in [-0.3, -0.25) is 4.79 Å².